The summed E-state index contributed by atoms with van der Waals surface area (Å²) < 4.78 is 7.03. The second kappa shape index (κ2) is 6.46. The summed E-state index contributed by atoms with van der Waals surface area (Å²) >= 11 is 5.13. The summed E-state index contributed by atoms with van der Waals surface area (Å²) in [7, 11) is 0. The molecule has 2 N–H and O–H groups in total. The van der Waals surface area contributed by atoms with Gasteiger partial charge in [-0.05, 0) is 43.5 Å². The van der Waals surface area contributed by atoms with Crippen molar-refractivity contribution in [2.75, 3.05) is 6.26 Å². The van der Waals surface area contributed by atoms with E-state index >= 15 is 0 Å². The van der Waals surface area contributed by atoms with Crippen molar-refractivity contribution in [1.82, 2.24) is 0 Å². The quantitative estimate of drug-likeness (QED) is 0.798. The second-order valence-electron chi connectivity index (χ2n) is 4.22. The summed E-state index contributed by atoms with van der Waals surface area (Å²) in [5.74, 6) is 1.67. The van der Waals surface area contributed by atoms with Crippen LogP contribution in [0.5, 0.6) is 11.5 Å². The van der Waals surface area contributed by atoms with Crippen LogP contribution in [0.1, 0.15) is 18.5 Å². The van der Waals surface area contributed by atoms with E-state index in [0.29, 0.717) is 0 Å². The maximum Gasteiger partial charge on any atom is 0.140 e. The number of hydrogen-bond donors (Lipinski definition) is 1. The van der Waals surface area contributed by atoms with Crippen LogP contribution in [0, 0.1) is 0 Å². The van der Waals surface area contributed by atoms with E-state index in [4.69, 9.17) is 10.5 Å². The van der Waals surface area contributed by atoms with E-state index in [1.54, 1.807) is 11.8 Å². The second-order valence-corrected chi connectivity index (χ2v) is 5.99. The van der Waals surface area contributed by atoms with Crippen LogP contribution >= 0.6 is 27.7 Å². The van der Waals surface area contributed by atoms with E-state index in [1.165, 1.54) is 0 Å². The molecule has 1 atom stereocenters. The van der Waals surface area contributed by atoms with E-state index in [0.717, 1.165) is 26.4 Å². The van der Waals surface area contributed by atoms with E-state index in [2.05, 4.69) is 15.9 Å². The average molecular weight is 338 g/mol. The molecule has 100 valence electrons. The highest BCUT2D eigenvalue weighted by Gasteiger charge is 2.11. The lowest BCUT2D eigenvalue weighted by molar-refractivity contribution is 0.461. The summed E-state index contributed by atoms with van der Waals surface area (Å²) in [6.07, 6.45) is 2.04. The van der Waals surface area contributed by atoms with Crippen molar-refractivity contribution in [2.45, 2.75) is 17.9 Å². The van der Waals surface area contributed by atoms with E-state index in [-0.39, 0.29) is 6.04 Å². The molecule has 2 nitrogen and oxygen atoms in total. The van der Waals surface area contributed by atoms with Gasteiger partial charge in [0.2, 0.25) is 0 Å². The molecule has 0 aliphatic heterocycles. The van der Waals surface area contributed by atoms with Crippen molar-refractivity contribution in [3.05, 3.63) is 52.5 Å². The fourth-order valence-corrected chi connectivity index (χ4v) is 2.69. The molecule has 0 saturated carbocycles. The van der Waals surface area contributed by atoms with Crippen LogP contribution in [0.15, 0.2) is 51.8 Å². The smallest absolute Gasteiger partial charge is 0.140 e. The van der Waals surface area contributed by atoms with Gasteiger partial charge in [0.1, 0.15) is 11.5 Å². The highest BCUT2D eigenvalue weighted by atomic mass is 79.9. The first-order chi connectivity index (χ1) is 9.11. The van der Waals surface area contributed by atoms with Crippen LogP contribution in [0.3, 0.4) is 0 Å². The van der Waals surface area contributed by atoms with Crippen molar-refractivity contribution in [1.29, 1.82) is 0 Å². The van der Waals surface area contributed by atoms with Crippen LogP contribution in [0.2, 0.25) is 0 Å². The van der Waals surface area contributed by atoms with Crippen molar-refractivity contribution < 1.29 is 4.74 Å². The first kappa shape index (κ1) is 14.4. The number of halogens is 1. The van der Waals surface area contributed by atoms with Gasteiger partial charge in [-0.1, -0.05) is 28.1 Å². The molecular weight excluding hydrogens is 322 g/mol. The molecule has 0 aromatic heterocycles. The topological polar surface area (TPSA) is 35.2 Å². The molecule has 0 spiro atoms. The Hall–Kier alpha value is -0.970. The first-order valence-electron chi connectivity index (χ1n) is 5.97. The van der Waals surface area contributed by atoms with Crippen molar-refractivity contribution in [3.8, 4) is 11.5 Å². The molecule has 2 aromatic carbocycles. The van der Waals surface area contributed by atoms with Crippen molar-refractivity contribution >= 4 is 27.7 Å². The van der Waals surface area contributed by atoms with Gasteiger partial charge in [-0.25, -0.2) is 0 Å². The van der Waals surface area contributed by atoms with Gasteiger partial charge >= 0.3 is 0 Å². The highest BCUT2D eigenvalue weighted by molar-refractivity contribution is 9.10. The Balaban J connectivity index is 2.38. The molecule has 1 unspecified atom stereocenters. The molecule has 0 aliphatic rings. The molecule has 19 heavy (non-hydrogen) atoms. The van der Waals surface area contributed by atoms with Gasteiger partial charge < -0.3 is 10.5 Å². The minimum absolute atomic E-state index is 0.0751. The van der Waals surface area contributed by atoms with Crippen molar-refractivity contribution in [3.63, 3.8) is 0 Å². The number of benzene rings is 2. The Morgan fingerprint density at radius 3 is 2.58 bits per heavy atom. The molecule has 0 saturated heterocycles. The largest absolute Gasteiger partial charge is 0.456 e. The zero-order chi connectivity index (χ0) is 13.8. The summed E-state index contributed by atoms with van der Waals surface area (Å²) in [5, 5.41) is 0. The molecule has 0 aliphatic carbocycles. The molecule has 0 bridgehead atoms. The Morgan fingerprint density at radius 2 is 1.89 bits per heavy atom. The van der Waals surface area contributed by atoms with Crippen molar-refractivity contribution in [2.24, 2.45) is 5.73 Å². The molecule has 0 radical (unpaired) electrons. The Labute approximate surface area is 126 Å². The van der Waals surface area contributed by atoms with Crippen LogP contribution in [-0.2, 0) is 0 Å². The monoisotopic (exact) mass is 337 g/mol. The van der Waals surface area contributed by atoms with Crippen LogP contribution in [0.4, 0.5) is 0 Å². The predicted molar refractivity (Wildman–Crippen MR) is 85.0 cm³/mol. The number of nitrogens with two attached hydrogens (primary N) is 1. The number of rotatable bonds is 4. The normalized spacial score (nSPS) is 12.2. The predicted octanol–water partition coefficient (Wildman–Crippen LogP) is 4.98. The molecular formula is C15H16BrNOS. The minimum Gasteiger partial charge on any atom is -0.456 e. The fraction of sp³-hybridized carbons (Fsp3) is 0.200. The fourth-order valence-electron chi connectivity index (χ4n) is 1.79. The third-order valence-electron chi connectivity index (χ3n) is 2.75. The number of thioether (sulfide) groups is 1. The standard InChI is InChI=1S/C15H16BrNOS/c1-10(17)12-9-11(16)7-8-13(12)18-14-5-3-4-6-15(14)19-2/h3-10H,17H2,1-2H3. The highest BCUT2D eigenvalue weighted by Crippen LogP contribution is 2.35. The van der Waals surface area contributed by atoms with Crippen LogP contribution in [-0.4, -0.2) is 6.26 Å². The summed E-state index contributed by atoms with van der Waals surface area (Å²) in [6.45, 7) is 1.95. The summed E-state index contributed by atoms with van der Waals surface area (Å²) in [5.41, 5.74) is 6.99. The Kier molecular flexibility index (Phi) is 4.91. The van der Waals surface area contributed by atoms with Gasteiger partial charge in [-0.3, -0.25) is 0 Å². The van der Waals surface area contributed by atoms with E-state index in [9.17, 15) is 0 Å². The SMILES string of the molecule is CSc1ccccc1Oc1ccc(Br)cc1C(C)N. The van der Waals surface area contributed by atoms with Gasteiger partial charge in [0.25, 0.3) is 0 Å². The number of para-hydroxylation sites is 1. The molecule has 0 heterocycles. The minimum atomic E-state index is -0.0751. The Bertz CT molecular complexity index is 572. The Morgan fingerprint density at radius 1 is 1.16 bits per heavy atom. The average Bonchev–Trinajstić information content (AvgIpc) is 2.41. The molecule has 2 rings (SSSR count). The van der Waals surface area contributed by atoms with E-state index in [1.807, 2.05) is 55.6 Å². The number of hydrogen-bond acceptors (Lipinski definition) is 3. The zero-order valence-corrected chi connectivity index (χ0v) is 13.3. The summed E-state index contributed by atoms with van der Waals surface area (Å²) in [6, 6.07) is 13.8. The van der Waals surface area contributed by atoms with Crippen LogP contribution in [0.25, 0.3) is 0 Å². The van der Waals surface area contributed by atoms with Gasteiger partial charge in [-0.2, -0.15) is 0 Å². The maximum absolute atomic E-state index is 6.03. The lowest BCUT2D eigenvalue weighted by Gasteiger charge is -2.15. The molecule has 4 heteroatoms. The van der Waals surface area contributed by atoms with Gasteiger partial charge in [0.15, 0.2) is 0 Å². The number of ether oxygens (including phenoxy) is 1. The third-order valence-corrected chi connectivity index (χ3v) is 4.02. The molecule has 2 aromatic rings. The molecule has 0 fully saturated rings. The maximum atomic E-state index is 6.03. The zero-order valence-electron chi connectivity index (χ0n) is 10.9. The van der Waals surface area contributed by atoms with Gasteiger partial charge in [-0.15, -0.1) is 11.8 Å². The lowest BCUT2D eigenvalue weighted by atomic mass is 10.1. The van der Waals surface area contributed by atoms with Gasteiger partial charge in [0.05, 0.1) is 0 Å². The summed E-state index contributed by atoms with van der Waals surface area (Å²) in [4.78, 5) is 1.11. The van der Waals surface area contributed by atoms with Crippen LogP contribution < -0.4 is 10.5 Å². The van der Waals surface area contributed by atoms with E-state index < -0.39 is 0 Å². The first-order valence-corrected chi connectivity index (χ1v) is 7.99. The van der Waals surface area contributed by atoms with Gasteiger partial charge in [0, 0.05) is 21.0 Å². The third kappa shape index (κ3) is 3.53. The lowest BCUT2D eigenvalue weighted by Crippen LogP contribution is -2.06. The molecule has 0 amide bonds.